The molecule has 0 bridgehead atoms. The standard InChI is InChI=1S/C16H17ClFNS/c1-11-6-7-15(18)14(8-11)16(19-2)10-20-13-5-3-4-12(17)9-13/h3-9,16,19H,10H2,1-2H3. The van der Waals surface area contributed by atoms with Gasteiger partial charge in [-0.05, 0) is 38.2 Å². The van der Waals surface area contributed by atoms with E-state index in [1.807, 2.05) is 44.3 Å². The second-order valence-electron chi connectivity index (χ2n) is 4.63. The molecule has 0 fully saturated rings. The lowest BCUT2D eigenvalue weighted by molar-refractivity contribution is 0.565. The van der Waals surface area contributed by atoms with Crippen LogP contribution in [0.5, 0.6) is 0 Å². The Hall–Kier alpha value is -1.03. The zero-order valence-corrected chi connectivity index (χ0v) is 13.1. The number of benzene rings is 2. The van der Waals surface area contributed by atoms with E-state index in [4.69, 9.17) is 11.6 Å². The summed E-state index contributed by atoms with van der Waals surface area (Å²) in [7, 11) is 1.85. The van der Waals surface area contributed by atoms with Gasteiger partial charge < -0.3 is 5.32 Å². The van der Waals surface area contributed by atoms with Crippen molar-refractivity contribution < 1.29 is 4.39 Å². The minimum absolute atomic E-state index is 0.0288. The fraction of sp³-hybridized carbons (Fsp3) is 0.250. The molecule has 1 nitrogen and oxygen atoms in total. The maximum atomic E-state index is 13.9. The number of nitrogens with one attached hydrogen (secondary N) is 1. The number of halogens is 2. The summed E-state index contributed by atoms with van der Waals surface area (Å²) in [6, 6.07) is 12.9. The minimum atomic E-state index is -0.165. The maximum absolute atomic E-state index is 13.9. The Morgan fingerprint density at radius 3 is 2.75 bits per heavy atom. The van der Waals surface area contributed by atoms with Crippen LogP contribution in [0.2, 0.25) is 5.02 Å². The van der Waals surface area contributed by atoms with Gasteiger partial charge in [-0.2, -0.15) is 0 Å². The molecule has 0 spiro atoms. The van der Waals surface area contributed by atoms with Gasteiger partial charge in [0.25, 0.3) is 0 Å². The van der Waals surface area contributed by atoms with Crippen LogP contribution in [-0.4, -0.2) is 12.8 Å². The number of thioether (sulfide) groups is 1. The Labute approximate surface area is 128 Å². The van der Waals surface area contributed by atoms with E-state index in [1.165, 1.54) is 6.07 Å². The van der Waals surface area contributed by atoms with Gasteiger partial charge in [0, 0.05) is 27.3 Å². The third kappa shape index (κ3) is 3.98. The first-order chi connectivity index (χ1) is 9.60. The van der Waals surface area contributed by atoms with E-state index >= 15 is 0 Å². The average molecular weight is 310 g/mol. The topological polar surface area (TPSA) is 12.0 Å². The van der Waals surface area contributed by atoms with Crippen molar-refractivity contribution in [3.05, 3.63) is 64.4 Å². The summed E-state index contributed by atoms with van der Waals surface area (Å²) in [4.78, 5) is 1.09. The van der Waals surface area contributed by atoms with Crippen LogP contribution < -0.4 is 5.32 Å². The van der Waals surface area contributed by atoms with Crippen LogP contribution in [0.4, 0.5) is 4.39 Å². The minimum Gasteiger partial charge on any atom is -0.312 e. The predicted octanol–water partition coefficient (Wildman–Crippen LogP) is 4.84. The zero-order chi connectivity index (χ0) is 14.5. The van der Waals surface area contributed by atoms with Crippen LogP contribution in [0.25, 0.3) is 0 Å². The van der Waals surface area contributed by atoms with Gasteiger partial charge in [0.05, 0.1) is 0 Å². The van der Waals surface area contributed by atoms with Gasteiger partial charge in [0.1, 0.15) is 5.82 Å². The second kappa shape index (κ2) is 7.11. The Balaban J connectivity index is 2.11. The molecule has 2 rings (SSSR count). The van der Waals surface area contributed by atoms with Gasteiger partial charge in [-0.15, -0.1) is 11.8 Å². The third-order valence-electron chi connectivity index (χ3n) is 3.09. The first kappa shape index (κ1) is 15.4. The molecule has 0 aliphatic rings. The fourth-order valence-corrected chi connectivity index (χ4v) is 3.34. The predicted molar refractivity (Wildman–Crippen MR) is 85.1 cm³/mol. The van der Waals surface area contributed by atoms with Crippen LogP contribution in [0.3, 0.4) is 0 Å². The summed E-state index contributed by atoms with van der Waals surface area (Å²) < 4.78 is 13.9. The van der Waals surface area contributed by atoms with E-state index in [9.17, 15) is 4.39 Å². The van der Waals surface area contributed by atoms with Crippen LogP contribution in [0.15, 0.2) is 47.4 Å². The van der Waals surface area contributed by atoms with Crippen molar-refractivity contribution in [2.75, 3.05) is 12.8 Å². The van der Waals surface area contributed by atoms with Crippen molar-refractivity contribution in [3.63, 3.8) is 0 Å². The van der Waals surface area contributed by atoms with Crippen molar-refractivity contribution in [2.24, 2.45) is 0 Å². The van der Waals surface area contributed by atoms with Crippen molar-refractivity contribution in [1.82, 2.24) is 5.32 Å². The molecule has 0 aliphatic carbocycles. The Morgan fingerprint density at radius 1 is 1.25 bits per heavy atom. The lowest BCUT2D eigenvalue weighted by atomic mass is 10.1. The summed E-state index contributed by atoms with van der Waals surface area (Å²) in [6.07, 6.45) is 0. The molecule has 0 amide bonds. The summed E-state index contributed by atoms with van der Waals surface area (Å²) in [5.74, 6) is 0.582. The molecule has 20 heavy (non-hydrogen) atoms. The lowest BCUT2D eigenvalue weighted by Gasteiger charge is -2.17. The zero-order valence-electron chi connectivity index (χ0n) is 11.5. The first-order valence-corrected chi connectivity index (χ1v) is 7.78. The molecule has 2 aromatic rings. The molecule has 4 heteroatoms. The molecule has 0 aromatic heterocycles. The highest BCUT2D eigenvalue weighted by Crippen LogP contribution is 2.28. The summed E-state index contributed by atoms with van der Waals surface area (Å²) in [5.41, 5.74) is 1.77. The Bertz CT molecular complexity index is 588. The number of rotatable bonds is 5. The van der Waals surface area contributed by atoms with Crippen molar-refractivity contribution in [2.45, 2.75) is 17.9 Å². The molecule has 1 N–H and O–H groups in total. The molecule has 1 unspecified atom stereocenters. The van der Waals surface area contributed by atoms with E-state index in [2.05, 4.69) is 5.32 Å². The molecular weight excluding hydrogens is 293 g/mol. The first-order valence-electron chi connectivity index (χ1n) is 6.42. The smallest absolute Gasteiger partial charge is 0.128 e. The van der Waals surface area contributed by atoms with Crippen LogP contribution in [0.1, 0.15) is 17.2 Å². The molecule has 0 aliphatic heterocycles. The van der Waals surface area contributed by atoms with Gasteiger partial charge in [-0.3, -0.25) is 0 Å². The number of hydrogen-bond donors (Lipinski definition) is 1. The maximum Gasteiger partial charge on any atom is 0.128 e. The highest BCUT2D eigenvalue weighted by Gasteiger charge is 2.14. The Morgan fingerprint density at radius 2 is 2.05 bits per heavy atom. The molecular formula is C16H17ClFNS. The van der Waals surface area contributed by atoms with E-state index in [-0.39, 0.29) is 11.9 Å². The summed E-state index contributed by atoms with van der Waals surface area (Å²) in [5, 5.41) is 3.90. The molecule has 0 saturated carbocycles. The third-order valence-corrected chi connectivity index (χ3v) is 4.41. The number of hydrogen-bond acceptors (Lipinski definition) is 2. The Kier molecular flexibility index (Phi) is 5.46. The summed E-state index contributed by atoms with van der Waals surface area (Å²) >= 11 is 7.63. The lowest BCUT2D eigenvalue weighted by Crippen LogP contribution is -2.20. The van der Waals surface area contributed by atoms with Gasteiger partial charge in [-0.25, -0.2) is 4.39 Å². The molecule has 0 radical (unpaired) electrons. The van der Waals surface area contributed by atoms with Crippen LogP contribution >= 0.6 is 23.4 Å². The fourth-order valence-electron chi connectivity index (χ4n) is 2.00. The van der Waals surface area contributed by atoms with E-state index in [0.717, 1.165) is 21.2 Å². The average Bonchev–Trinajstić information content (AvgIpc) is 2.43. The molecule has 2 aromatic carbocycles. The van der Waals surface area contributed by atoms with Crippen LogP contribution in [0, 0.1) is 12.7 Å². The molecule has 0 heterocycles. The SMILES string of the molecule is CNC(CSc1cccc(Cl)c1)c1cc(C)ccc1F. The number of aryl methyl sites for hydroxylation is 1. The highest BCUT2D eigenvalue weighted by molar-refractivity contribution is 7.99. The van der Waals surface area contributed by atoms with Gasteiger partial charge in [0.2, 0.25) is 0 Å². The van der Waals surface area contributed by atoms with Crippen molar-refractivity contribution in [3.8, 4) is 0 Å². The normalized spacial score (nSPS) is 12.4. The van der Waals surface area contributed by atoms with Gasteiger partial charge >= 0.3 is 0 Å². The van der Waals surface area contributed by atoms with Gasteiger partial charge in [0.15, 0.2) is 0 Å². The van der Waals surface area contributed by atoms with E-state index in [0.29, 0.717) is 5.56 Å². The largest absolute Gasteiger partial charge is 0.312 e. The van der Waals surface area contributed by atoms with E-state index in [1.54, 1.807) is 17.8 Å². The quantitative estimate of drug-likeness (QED) is 0.793. The molecule has 106 valence electrons. The second-order valence-corrected chi connectivity index (χ2v) is 6.16. The van der Waals surface area contributed by atoms with Gasteiger partial charge in [-0.1, -0.05) is 35.4 Å². The monoisotopic (exact) mass is 309 g/mol. The summed E-state index contributed by atoms with van der Waals surface area (Å²) in [6.45, 7) is 1.97. The van der Waals surface area contributed by atoms with Crippen LogP contribution in [-0.2, 0) is 0 Å². The van der Waals surface area contributed by atoms with Crippen molar-refractivity contribution >= 4 is 23.4 Å². The highest BCUT2D eigenvalue weighted by atomic mass is 35.5. The molecule has 0 saturated heterocycles. The van der Waals surface area contributed by atoms with Crippen molar-refractivity contribution in [1.29, 1.82) is 0 Å². The molecule has 1 atom stereocenters. The van der Waals surface area contributed by atoms with E-state index < -0.39 is 0 Å².